The zero-order chi connectivity index (χ0) is 21.5. The molecule has 0 unspecified atom stereocenters. The second kappa shape index (κ2) is 10.1. The Morgan fingerprint density at radius 1 is 0.933 bits per heavy atom. The van der Waals surface area contributed by atoms with Gasteiger partial charge in [-0.2, -0.15) is 0 Å². The molecule has 0 saturated carbocycles. The summed E-state index contributed by atoms with van der Waals surface area (Å²) in [5, 5.41) is 2.89. The maximum Gasteiger partial charge on any atom is 0.261 e. The Morgan fingerprint density at radius 2 is 1.70 bits per heavy atom. The summed E-state index contributed by atoms with van der Waals surface area (Å²) in [4.78, 5) is 26.2. The molecule has 0 aliphatic rings. The molecule has 4 heteroatoms. The van der Waals surface area contributed by atoms with E-state index in [9.17, 15) is 9.59 Å². The number of nitrogens with one attached hydrogen (secondary N) is 1. The fourth-order valence-corrected chi connectivity index (χ4v) is 3.78. The highest BCUT2D eigenvalue weighted by Crippen LogP contribution is 2.26. The van der Waals surface area contributed by atoms with Crippen LogP contribution < -0.4 is 10.7 Å². The van der Waals surface area contributed by atoms with E-state index in [2.05, 4.69) is 16.8 Å². The van der Waals surface area contributed by atoms with E-state index in [0.29, 0.717) is 11.4 Å². The third-order valence-electron chi connectivity index (χ3n) is 5.30. The van der Waals surface area contributed by atoms with E-state index in [1.165, 1.54) is 12.8 Å². The van der Waals surface area contributed by atoms with Crippen LogP contribution >= 0.6 is 0 Å². The highest BCUT2D eigenvalue weighted by Gasteiger charge is 2.22. The topological polar surface area (TPSA) is 51.1 Å². The molecule has 1 N–H and O–H groups in total. The molecule has 0 aliphatic carbocycles. The van der Waals surface area contributed by atoms with Crippen LogP contribution in [0, 0.1) is 13.8 Å². The molecule has 0 bridgehead atoms. The first-order valence-corrected chi connectivity index (χ1v) is 10.7. The van der Waals surface area contributed by atoms with Gasteiger partial charge < -0.3 is 9.88 Å². The Kier molecular flexibility index (Phi) is 7.23. The van der Waals surface area contributed by atoms with Gasteiger partial charge in [-0.05, 0) is 44.0 Å². The number of para-hydroxylation sites is 1. The molecule has 0 fully saturated rings. The number of pyridine rings is 1. The molecule has 1 aromatic heterocycles. The molecule has 0 saturated heterocycles. The molecule has 1 heterocycles. The van der Waals surface area contributed by atoms with Crippen molar-refractivity contribution in [1.29, 1.82) is 0 Å². The van der Waals surface area contributed by atoms with Crippen molar-refractivity contribution in [2.75, 3.05) is 5.32 Å². The van der Waals surface area contributed by atoms with Crippen LogP contribution in [-0.2, 0) is 6.54 Å². The lowest BCUT2D eigenvalue weighted by Gasteiger charge is -2.21. The van der Waals surface area contributed by atoms with E-state index >= 15 is 0 Å². The van der Waals surface area contributed by atoms with Crippen LogP contribution in [0.5, 0.6) is 0 Å². The van der Waals surface area contributed by atoms with Crippen molar-refractivity contribution in [3.8, 4) is 11.3 Å². The third kappa shape index (κ3) is 5.07. The van der Waals surface area contributed by atoms with Gasteiger partial charge in [-0.25, -0.2) is 0 Å². The maximum absolute atomic E-state index is 13.2. The molecule has 30 heavy (non-hydrogen) atoms. The number of nitrogens with zero attached hydrogens (tertiary/aromatic N) is 1. The van der Waals surface area contributed by atoms with Crippen molar-refractivity contribution in [2.45, 2.75) is 53.0 Å². The monoisotopic (exact) mass is 402 g/mol. The summed E-state index contributed by atoms with van der Waals surface area (Å²) in [5.74, 6) is -0.370. The molecule has 0 atom stereocenters. The van der Waals surface area contributed by atoms with Crippen LogP contribution in [0.1, 0.15) is 54.2 Å². The first-order chi connectivity index (χ1) is 14.5. The van der Waals surface area contributed by atoms with E-state index in [4.69, 9.17) is 0 Å². The van der Waals surface area contributed by atoms with Gasteiger partial charge in [0.2, 0.25) is 0 Å². The number of amides is 1. The molecule has 2 aromatic carbocycles. The van der Waals surface area contributed by atoms with Crippen LogP contribution in [0.2, 0.25) is 0 Å². The van der Waals surface area contributed by atoms with Crippen molar-refractivity contribution in [2.24, 2.45) is 0 Å². The molecule has 0 aliphatic heterocycles. The Bertz CT molecular complexity index is 1070. The largest absolute Gasteiger partial charge is 0.344 e. The smallest absolute Gasteiger partial charge is 0.261 e. The fraction of sp³-hybridized carbons (Fsp3) is 0.308. The van der Waals surface area contributed by atoms with Gasteiger partial charge in [-0.1, -0.05) is 68.1 Å². The number of anilines is 1. The SMILES string of the molecule is CCCCCCn1c(C)cc(=O)c(C(=O)Nc2ccccc2)c1-c1cccc(C)c1. The molecule has 3 rings (SSSR count). The standard InChI is InChI=1S/C26H30N2O2/c1-4-5-6-10-16-28-20(3)18-23(29)24(25(28)21-13-11-12-19(2)17-21)26(30)27-22-14-8-7-9-15-22/h7-9,11-15,17-18H,4-6,10,16H2,1-3H3,(H,27,30). The number of carbonyl (C=O) groups excluding carboxylic acids is 1. The van der Waals surface area contributed by atoms with Crippen LogP contribution in [0.15, 0.2) is 65.5 Å². The lowest BCUT2D eigenvalue weighted by Crippen LogP contribution is -2.26. The molecule has 0 spiro atoms. The minimum atomic E-state index is -0.370. The van der Waals surface area contributed by atoms with Crippen LogP contribution in [0.3, 0.4) is 0 Å². The lowest BCUT2D eigenvalue weighted by atomic mass is 10.0. The van der Waals surface area contributed by atoms with E-state index in [1.54, 1.807) is 6.07 Å². The highest BCUT2D eigenvalue weighted by atomic mass is 16.2. The van der Waals surface area contributed by atoms with Gasteiger partial charge in [-0.15, -0.1) is 0 Å². The maximum atomic E-state index is 13.2. The van der Waals surface area contributed by atoms with Crippen LogP contribution in [0.25, 0.3) is 11.3 Å². The molecular formula is C26H30N2O2. The van der Waals surface area contributed by atoms with Crippen LogP contribution in [-0.4, -0.2) is 10.5 Å². The van der Waals surface area contributed by atoms with Gasteiger partial charge >= 0.3 is 0 Å². The quantitative estimate of drug-likeness (QED) is 0.472. The van der Waals surface area contributed by atoms with Crippen molar-refractivity contribution in [3.63, 3.8) is 0 Å². The number of carbonyl (C=O) groups is 1. The molecule has 3 aromatic rings. The zero-order valence-corrected chi connectivity index (χ0v) is 18.1. The van der Waals surface area contributed by atoms with Crippen molar-refractivity contribution < 1.29 is 4.79 Å². The van der Waals surface area contributed by atoms with Gasteiger partial charge in [0.05, 0.1) is 5.69 Å². The Morgan fingerprint density at radius 3 is 2.40 bits per heavy atom. The zero-order valence-electron chi connectivity index (χ0n) is 18.1. The molecule has 156 valence electrons. The number of aryl methyl sites for hydroxylation is 2. The number of aromatic nitrogens is 1. The van der Waals surface area contributed by atoms with E-state index in [-0.39, 0.29) is 16.9 Å². The van der Waals surface area contributed by atoms with Crippen molar-refractivity contribution in [1.82, 2.24) is 4.57 Å². The van der Waals surface area contributed by atoms with E-state index in [0.717, 1.165) is 36.2 Å². The normalized spacial score (nSPS) is 10.8. The summed E-state index contributed by atoms with van der Waals surface area (Å²) in [6.45, 7) is 6.93. The second-order valence-electron chi connectivity index (χ2n) is 7.78. The number of hydrogen-bond donors (Lipinski definition) is 1. The number of unbranched alkanes of at least 4 members (excludes halogenated alkanes) is 3. The molecule has 1 amide bonds. The first kappa shape index (κ1) is 21.6. The summed E-state index contributed by atoms with van der Waals surface area (Å²) in [6, 6.07) is 18.8. The predicted octanol–water partition coefficient (Wildman–Crippen LogP) is 5.96. The van der Waals surface area contributed by atoms with Gasteiger partial charge in [0.1, 0.15) is 5.56 Å². The Balaban J connectivity index is 2.12. The molecular weight excluding hydrogens is 372 g/mol. The van der Waals surface area contributed by atoms with Gasteiger partial charge in [-0.3, -0.25) is 9.59 Å². The van der Waals surface area contributed by atoms with Crippen LogP contribution in [0.4, 0.5) is 5.69 Å². The minimum Gasteiger partial charge on any atom is -0.344 e. The Hall–Kier alpha value is -3.14. The summed E-state index contributed by atoms with van der Waals surface area (Å²) >= 11 is 0. The number of benzene rings is 2. The second-order valence-corrected chi connectivity index (χ2v) is 7.78. The molecule has 0 radical (unpaired) electrons. The summed E-state index contributed by atoms with van der Waals surface area (Å²) in [6.07, 6.45) is 4.48. The van der Waals surface area contributed by atoms with Gasteiger partial charge in [0, 0.05) is 24.0 Å². The fourth-order valence-electron chi connectivity index (χ4n) is 3.78. The van der Waals surface area contributed by atoms with Gasteiger partial charge in [0.15, 0.2) is 5.43 Å². The molecule has 4 nitrogen and oxygen atoms in total. The predicted molar refractivity (Wildman–Crippen MR) is 124 cm³/mol. The average molecular weight is 403 g/mol. The average Bonchev–Trinajstić information content (AvgIpc) is 2.72. The van der Waals surface area contributed by atoms with Gasteiger partial charge in [0.25, 0.3) is 5.91 Å². The van der Waals surface area contributed by atoms with Crippen molar-refractivity contribution >= 4 is 11.6 Å². The van der Waals surface area contributed by atoms with Crippen molar-refractivity contribution in [3.05, 3.63) is 87.7 Å². The minimum absolute atomic E-state index is 0.200. The summed E-state index contributed by atoms with van der Waals surface area (Å²) in [5.41, 5.74) is 4.19. The van der Waals surface area contributed by atoms with E-state index < -0.39 is 0 Å². The summed E-state index contributed by atoms with van der Waals surface area (Å²) in [7, 11) is 0. The number of hydrogen-bond acceptors (Lipinski definition) is 2. The first-order valence-electron chi connectivity index (χ1n) is 10.7. The Labute approximate surface area is 178 Å². The summed E-state index contributed by atoms with van der Waals surface area (Å²) < 4.78 is 2.13. The third-order valence-corrected chi connectivity index (χ3v) is 5.30. The van der Waals surface area contributed by atoms with E-state index in [1.807, 2.05) is 68.4 Å². The highest BCUT2D eigenvalue weighted by molar-refractivity contribution is 6.08. The lowest BCUT2D eigenvalue weighted by molar-refractivity contribution is 0.102. The number of rotatable bonds is 8.